The number of rotatable bonds is 2. The Bertz CT molecular complexity index is 705. The van der Waals surface area contributed by atoms with E-state index in [0.717, 1.165) is 18.2 Å². The Morgan fingerprint density at radius 1 is 1.30 bits per heavy atom. The molecule has 124 valence electrons. The normalized spacial score (nSPS) is 19.1. The minimum atomic E-state index is -4.47. The third-order valence-corrected chi connectivity index (χ3v) is 3.96. The van der Waals surface area contributed by atoms with Gasteiger partial charge in [0.15, 0.2) is 5.69 Å². The first-order chi connectivity index (χ1) is 10.8. The maximum absolute atomic E-state index is 12.6. The average Bonchev–Trinajstić information content (AvgIpc) is 3.15. The number of amides is 1. The highest BCUT2D eigenvalue weighted by atomic mass is 19.4. The molecule has 9 heteroatoms. The standard InChI is InChI=1S/C14H16F3N5O/c1-8-5-11(20-18-8)13(23)22-4-2-3-9(7-22)10-6-12(21-19-10)14(15,16)17/h5-6,9H,2-4,7H2,1H3,(H,18,20)(H,19,21). The van der Waals surface area contributed by atoms with Crippen LogP contribution >= 0.6 is 0 Å². The molecule has 2 N–H and O–H groups in total. The Morgan fingerprint density at radius 2 is 2.09 bits per heavy atom. The molecule has 3 heterocycles. The molecule has 0 spiro atoms. The minimum absolute atomic E-state index is 0.184. The van der Waals surface area contributed by atoms with E-state index in [-0.39, 0.29) is 11.8 Å². The number of halogens is 3. The minimum Gasteiger partial charge on any atom is -0.337 e. The lowest BCUT2D eigenvalue weighted by Crippen LogP contribution is -2.39. The smallest absolute Gasteiger partial charge is 0.337 e. The third-order valence-electron chi connectivity index (χ3n) is 3.96. The van der Waals surface area contributed by atoms with Crippen molar-refractivity contribution >= 4 is 5.91 Å². The summed E-state index contributed by atoms with van der Waals surface area (Å²) in [6.45, 7) is 2.72. The van der Waals surface area contributed by atoms with Gasteiger partial charge in [-0.3, -0.25) is 15.0 Å². The fourth-order valence-electron chi connectivity index (χ4n) is 2.80. The largest absolute Gasteiger partial charge is 0.435 e. The number of nitrogens with one attached hydrogen (secondary N) is 2. The molecule has 1 saturated heterocycles. The van der Waals surface area contributed by atoms with Gasteiger partial charge in [0.2, 0.25) is 0 Å². The van der Waals surface area contributed by atoms with Gasteiger partial charge in [-0.15, -0.1) is 0 Å². The van der Waals surface area contributed by atoms with Crippen LogP contribution in [0.25, 0.3) is 0 Å². The number of nitrogens with zero attached hydrogens (tertiary/aromatic N) is 3. The van der Waals surface area contributed by atoms with Gasteiger partial charge in [-0.2, -0.15) is 23.4 Å². The second kappa shape index (κ2) is 5.71. The SMILES string of the molecule is Cc1cc(C(=O)N2CCCC(c3cc(C(F)(F)F)n[nH]3)C2)n[nH]1. The predicted octanol–water partition coefficient (Wildman–Crippen LogP) is 2.48. The molecule has 1 aliphatic rings. The van der Waals surface area contributed by atoms with E-state index < -0.39 is 11.9 Å². The number of carbonyl (C=O) groups is 1. The quantitative estimate of drug-likeness (QED) is 0.889. The van der Waals surface area contributed by atoms with Crippen LogP contribution in [0.5, 0.6) is 0 Å². The van der Waals surface area contributed by atoms with Gasteiger partial charge in [0.05, 0.1) is 0 Å². The van der Waals surface area contributed by atoms with Gasteiger partial charge in [-0.25, -0.2) is 0 Å². The second-order valence-corrected chi connectivity index (χ2v) is 5.73. The van der Waals surface area contributed by atoms with Crippen LogP contribution in [-0.2, 0) is 6.18 Å². The van der Waals surface area contributed by atoms with Crippen LogP contribution in [-0.4, -0.2) is 44.3 Å². The molecule has 6 nitrogen and oxygen atoms in total. The highest BCUT2D eigenvalue weighted by Gasteiger charge is 2.35. The first-order valence-corrected chi connectivity index (χ1v) is 7.28. The highest BCUT2D eigenvalue weighted by Crippen LogP contribution is 2.32. The van der Waals surface area contributed by atoms with E-state index in [0.29, 0.717) is 30.9 Å². The average molecular weight is 327 g/mol. The summed E-state index contributed by atoms with van der Waals surface area (Å²) in [4.78, 5) is 14.0. The molecule has 1 aliphatic heterocycles. The Morgan fingerprint density at radius 3 is 2.70 bits per heavy atom. The number of H-pyrrole nitrogens is 2. The second-order valence-electron chi connectivity index (χ2n) is 5.73. The van der Waals surface area contributed by atoms with Gasteiger partial charge in [-0.05, 0) is 31.9 Å². The summed E-state index contributed by atoms with van der Waals surface area (Å²) in [7, 11) is 0. The van der Waals surface area contributed by atoms with Crippen LogP contribution in [0, 0.1) is 6.92 Å². The monoisotopic (exact) mass is 327 g/mol. The molecule has 23 heavy (non-hydrogen) atoms. The molecule has 0 bridgehead atoms. The number of carbonyl (C=O) groups excluding carboxylic acids is 1. The van der Waals surface area contributed by atoms with Crippen molar-refractivity contribution in [3.8, 4) is 0 Å². The summed E-state index contributed by atoms with van der Waals surface area (Å²) < 4.78 is 37.9. The van der Waals surface area contributed by atoms with Crippen LogP contribution in [0.2, 0.25) is 0 Å². The fourth-order valence-corrected chi connectivity index (χ4v) is 2.80. The summed E-state index contributed by atoms with van der Waals surface area (Å²) in [5, 5.41) is 12.4. The van der Waals surface area contributed by atoms with Gasteiger partial charge in [0.1, 0.15) is 5.69 Å². The number of likely N-dealkylation sites (tertiary alicyclic amines) is 1. The number of alkyl halides is 3. The molecule has 1 amide bonds. The number of hydrogen-bond acceptors (Lipinski definition) is 3. The van der Waals surface area contributed by atoms with Crippen molar-refractivity contribution in [3.05, 3.63) is 34.9 Å². The van der Waals surface area contributed by atoms with E-state index in [1.807, 2.05) is 0 Å². The summed E-state index contributed by atoms with van der Waals surface area (Å²) in [5.41, 5.74) is 0.584. The van der Waals surface area contributed by atoms with Crippen molar-refractivity contribution in [1.29, 1.82) is 0 Å². The number of aromatic nitrogens is 4. The molecule has 1 unspecified atom stereocenters. The molecule has 0 saturated carbocycles. The third kappa shape index (κ3) is 3.22. The van der Waals surface area contributed by atoms with Gasteiger partial charge < -0.3 is 4.90 Å². The maximum atomic E-state index is 12.6. The summed E-state index contributed by atoms with van der Waals surface area (Å²) >= 11 is 0. The van der Waals surface area contributed by atoms with Crippen LogP contribution < -0.4 is 0 Å². The molecule has 3 rings (SSSR count). The summed E-state index contributed by atoms with van der Waals surface area (Å²) in [6, 6.07) is 2.68. The van der Waals surface area contributed by atoms with Gasteiger partial charge in [0.25, 0.3) is 5.91 Å². The lowest BCUT2D eigenvalue weighted by atomic mass is 9.94. The van der Waals surface area contributed by atoms with Crippen molar-refractivity contribution in [1.82, 2.24) is 25.3 Å². The molecule has 0 aromatic carbocycles. The van der Waals surface area contributed by atoms with E-state index in [1.165, 1.54) is 0 Å². The number of aryl methyl sites for hydroxylation is 1. The molecule has 0 aliphatic carbocycles. The van der Waals surface area contributed by atoms with Crippen molar-refractivity contribution in [2.24, 2.45) is 0 Å². The zero-order chi connectivity index (χ0) is 16.6. The number of hydrogen-bond donors (Lipinski definition) is 2. The van der Waals surface area contributed by atoms with E-state index in [2.05, 4.69) is 20.4 Å². The number of aromatic amines is 2. The summed E-state index contributed by atoms with van der Waals surface area (Å²) in [6.07, 6.45) is -3.03. The Kier molecular flexibility index (Phi) is 3.87. The van der Waals surface area contributed by atoms with Crippen molar-refractivity contribution in [3.63, 3.8) is 0 Å². The molecule has 1 fully saturated rings. The van der Waals surface area contributed by atoms with Gasteiger partial charge >= 0.3 is 6.18 Å². The Balaban J connectivity index is 1.73. The predicted molar refractivity (Wildman–Crippen MR) is 74.8 cm³/mol. The van der Waals surface area contributed by atoms with Crippen LogP contribution in [0.15, 0.2) is 12.1 Å². The summed E-state index contributed by atoms with van der Waals surface area (Å²) in [5.74, 6) is -0.397. The molecular weight excluding hydrogens is 311 g/mol. The Labute approximate surface area is 130 Å². The van der Waals surface area contributed by atoms with Crippen molar-refractivity contribution in [2.75, 3.05) is 13.1 Å². The van der Waals surface area contributed by atoms with Crippen LogP contribution in [0.1, 0.15) is 46.3 Å². The van der Waals surface area contributed by atoms with E-state index in [4.69, 9.17) is 0 Å². The van der Waals surface area contributed by atoms with E-state index in [9.17, 15) is 18.0 Å². The van der Waals surface area contributed by atoms with Crippen LogP contribution in [0.3, 0.4) is 0 Å². The maximum Gasteiger partial charge on any atom is 0.435 e. The van der Waals surface area contributed by atoms with Crippen molar-refractivity contribution < 1.29 is 18.0 Å². The molecule has 2 aromatic rings. The van der Waals surface area contributed by atoms with Crippen molar-refractivity contribution in [2.45, 2.75) is 31.9 Å². The lowest BCUT2D eigenvalue weighted by Gasteiger charge is -2.31. The van der Waals surface area contributed by atoms with Gasteiger partial charge in [0, 0.05) is 30.4 Å². The molecule has 2 aromatic heterocycles. The van der Waals surface area contributed by atoms with E-state index in [1.54, 1.807) is 17.9 Å². The van der Waals surface area contributed by atoms with Crippen LogP contribution in [0.4, 0.5) is 13.2 Å². The zero-order valence-corrected chi connectivity index (χ0v) is 12.4. The fraction of sp³-hybridized carbons (Fsp3) is 0.500. The molecular formula is C14H16F3N5O. The topological polar surface area (TPSA) is 77.7 Å². The lowest BCUT2D eigenvalue weighted by molar-refractivity contribution is -0.141. The first-order valence-electron chi connectivity index (χ1n) is 7.28. The molecule has 1 atom stereocenters. The molecule has 0 radical (unpaired) electrons. The zero-order valence-electron chi connectivity index (χ0n) is 12.4. The van der Waals surface area contributed by atoms with E-state index >= 15 is 0 Å². The first kappa shape index (κ1) is 15.6. The Hall–Kier alpha value is -2.32. The van der Waals surface area contributed by atoms with Gasteiger partial charge in [-0.1, -0.05) is 0 Å². The highest BCUT2D eigenvalue weighted by molar-refractivity contribution is 5.92. The number of piperidine rings is 1.